The van der Waals surface area contributed by atoms with Crippen LogP contribution in [0.15, 0.2) is 36.4 Å². The first kappa shape index (κ1) is 20.5. The van der Waals surface area contributed by atoms with Crippen LogP contribution in [0, 0.1) is 20.8 Å². The lowest BCUT2D eigenvalue weighted by Crippen LogP contribution is -2.35. The fourth-order valence-corrected chi connectivity index (χ4v) is 2.87. The molecule has 0 heterocycles. The predicted molar refractivity (Wildman–Crippen MR) is 97.7 cm³/mol. The van der Waals surface area contributed by atoms with Crippen LogP contribution in [0.2, 0.25) is 0 Å². The van der Waals surface area contributed by atoms with Gasteiger partial charge in [-0.05, 0) is 56.2 Å². The number of alkyl halides is 3. The molecule has 0 saturated heterocycles. The minimum Gasteiger partial charge on any atom is -0.332 e. The molecule has 0 spiro atoms. The van der Waals surface area contributed by atoms with Crippen LogP contribution >= 0.6 is 0 Å². The van der Waals surface area contributed by atoms with Crippen LogP contribution in [0.25, 0.3) is 0 Å². The van der Waals surface area contributed by atoms with Crippen molar-refractivity contribution in [3.8, 4) is 0 Å². The zero-order valence-electron chi connectivity index (χ0n) is 15.6. The highest BCUT2D eigenvalue weighted by molar-refractivity contribution is 5.99. The summed E-state index contributed by atoms with van der Waals surface area (Å²) in [6, 6.07) is 7.79. The number of hydrogen-bond donors (Lipinski definition) is 1. The highest BCUT2D eigenvalue weighted by Gasteiger charge is 2.30. The van der Waals surface area contributed by atoms with Gasteiger partial charge in [-0.1, -0.05) is 17.7 Å². The van der Waals surface area contributed by atoms with Crippen molar-refractivity contribution in [2.24, 2.45) is 0 Å². The van der Waals surface area contributed by atoms with Crippen LogP contribution in [0.1, 0.15) is 32.6 Å². The van der Waals surface area contributed by atoms with Gasteiger partial charge < -0.3 is 10.2 Å². The van der Waals surface area contributed by atoms with Crippen molar-refractivity contribution >= 4 is 17.5 Å². The molecule has 2 aromatic rings. The van der Waals surface area contributed by atoms with Crippen molar-refractivity contribution in [3.05, 3.63) is 64.2 Å². The molecule has 27 heavy (non-hydrogen) atoms. The monoisotopic (exact) mass is 378 g/mol. The molecule has 0 aromatic heterocycles. The van der Waals surface area contributed by atoms with E-state index in [1.807, 2.05) is 32.9 Å². The van der Waals surface area contributed by atoms with E-state index in [-0.39, 0.29) is 18.0 Å². The number of likely N-dealkylation sites (N-methyl/N-ethyl adjacent to an activating group) is 1. The second kappa shape index (κ2) is 7.82. The third kappa shape index (κ3) is 5.09. The number of hydrogen-bond acceptors (Lipinski definition) is 2. The molecule has 0 fully saturated rings. The standard InChI is InChI=1S/C20H21F3N2O2/c1-12-9-13(2)18(14(3)10-12)24-17(26)11-25(4)19(27)15-5-7-16(8-6-15)20(21,22)23/h5-10H,11H2,1-4H3,(H,24,26). The lowest BCUT2D eigenvalue weighted by molar-refractivity contribution is -0.137. The fourth-order valence-electron chi connectivity index (χ4n) is 2.87. The summed E-state index contributed by atoms with van der Waals surface area (Å²) in [7, 11) is 1.43. The normalized spacial score (nSPS) is 11.2. The summed E-state index contributed by atoms with van der Waals surface area (Å²) < 4.78 is 37.8. The zero-order valence-corrected chi connectivity index (χ0v) is 15.6. The summed E-state index contributed by atoms with van der Waals surface area (Å²) in [6.07, 6.45) is -4.46. The Bertz CT molecular complexity index is 836. The third-order valence-corrected chi connectivity index (χ3v) is 4.13. The number of carbonyl (C=O) groups is 2. The number of anilines is 1. The summed E-state index contributed by atoms with van der Waals surface area (Å²) in [5.74, 6) is -0.913. The Morgan fingerprint density at radius 2 is 1.52 bits per heavy atom. The molecule has 2 aromatic carbocycles. The van der Waals surface area contributed by atoms with Gasteiger partial charge in [0.2, 0.25) is 5.91 Å². The number of aryl methyl sites for hydroxylation is 3. The molecule has 7 heteroatoms. The van der Waals surface area contributed by atoms with Gasteiger partial charge in [0.1, 0.15) is 0 Å². The van der Waals surface area contributed by atoms with Crippen LogP contribution in [-0.2, 0) is 11.0 Å². The van der Waals surface area contributed by atoms with E-state index in [9.17, 15) is 22.8 Å². The molecule has 0 aliphatic heterocycles. The molecule has 0 saturated carbocycles. The van der Waals surface area contributed by atoms with Gasteiger partial charge in [-0.3, -0.25) is 9.59 Å². The van der Waals surface area contributed by atoms with Crippen LogP contribution in [0.4, 0.5) is 18.9 Å². The minimum atomic E-state index is -4.46. The average molecular weight is 378 g/mol. The summed E-state index contributed by atoms with van der Waals surface area (Å²) in [4.78, 5) is 25.8. The topological polar surface area (TPSA) is 49.4 Å². The van der Waals surface area contributed by atoms with Gasteiger partial charge in [0.05, 0.1) is 12.1 Å². The van der Waals surface area contributed by atoms with Crippen molar-refractivity contribution in [1.29, 1.82) is 0 Å². The average Bonchev–Trinajstić information content (AvgIpc) is 2.56. The molecule has 2 amide bonds. The molecule has 1 N–H and O–H groups in total. The summed E-state index contributed by atoms with van der Waals surface area (Å²) in [5.41, 5.74) is 2.86. The summed E-state index contributed by atoms with van der Waals surface area (Å²) in [5, 5.41) is 2.79. The Hall–Kier alpha value is -2.83. The fraction of sp³-hybridized carbons (Fsp3) is 0.300. The van der Waals surface area contributed by atoms with Gasteiger partial charge >= 0.3 is 6.18 Å². The van der Waals surface area contributed by atoms with E-state index >= 15 is 0 Å². The van der Waals surface area contributed by atoms with Crippen molar-refractivity contribution in [1.82, 2.24) is 4.90 Å². The van der Waals surface area contributed by atoms with E-state index in [2.05, 4.69) is 5.32 Å². The molecule has 0 aliphatic rings. The lowest BCUT2D eigenvalue weighted by Gasteiger charge is -2.19. The quantitative estimate of drug-likeness (QED) is 0.860. The molecule has 0 atom stereocenters. The van der Waals surface area contributed by atoms with E-state index in [1.165, 1.54) is 7.05 Å². The Morgan fingerprint density at radius 3 is 2.00 bits per heavy atom. The number of rotatable bonds is 4. The van der Waals surface area contributed by atoms with Crippen LogP contribution < -0.4 is 5.32 Å². The van der Waals surface area contributed by atoms with Gasteiger partial charge in [-0.15, -0.1) is 0 Å². The molecule has 0 unspecified atom stereocenters. The number of nitrogens with one attached hydrogen (secondary N) is 1. The van der Waals surface area contributed by atoms with Crippen molar-refractivity contribution < 1.29 is 22.8 Å². The maximum atomic E-state index is 12.6. The number of halogens is 3. The highest BCUT2D eigenvalue weighted by atomic mass is 19.4. The van der Waals surface area contributed by atoms with E-state index in [1.54, 1.807) is 0 Å². The number of amides is 2. The summed E-state index contributed by atoms with van der Waals surface area (Å²) in [6.45, 7) is 5.51. The van der Waals surface area contributed by atoms with Crippen molar-refractivity contribution in [2.45, 2.75) is 26.9 Å². The molecule has 0 bridgehead atoms. The molecule has 0 radical (unpaired) electrons. The van der Waals surface area contributed by atoms with E-state index < -0.39 is 17.6 Å². The van der Waals surface area contributed by atoms with E-state index in [0.717, 1.165) is 45.9 Å². The van der Waals surface area contributed by atoms with Crippen LogP contribution in [0.3, 0.4) is 0 Å². The number of benzene rings is 2. The Kier molecular flexibility index (Phi) is 5.93. The largest absolute Gasteiger partial charge is 0.416 e. The van der Waals surface area contributed by atoms with Gasteiger partial charge in [-0.2, -0.15) is 13.2 Å². The zero-order chi connectivity index (χ0) is 20.4. The molecule has 144 valence electrons. The van der Waals surface area contributed by atoms with Crippen LogP contribution in [-0.4, -0.2) is 30.3 Å². The molecule has 4 nitrogen and oxygen atoms in total. The van der Waals surface area contributed by atoms with E-state index in [0.29, 0.717) is 5.69 Å². The Morgan fingerprint density at radius 1 is 1.00 bits per heavy atom. The maximum absolute atomic E-state index is 12.6. The lowest BCUT2D eigenvalue weighted by atomic mass is 10.1. The third-order valence-electron chi connectivity index (χ3n) is 4.13. The van der Waals surface area contributed by atoms with Gasteiger partial charge in [0, 0.05) is 18.3 Å². The maximum Gasteiger partial charge on any atom is 0.416 e. The first-order chi connectivity index (χ1) is 12.5. The Labute approximate surface area is 156 Å². The second-order valence-corrected chi connectivity index (χ2v) is 6.56. The SMILES string of the molecule is Cc1cc(C)c(NC(=O)CN(C)C(=O)c2ccc(C(F)(F)F)cc2)c(C)c1. The molecular formula is C20H21F3N2O2. The predicted octanol–water partition coefficient (Wildman–Crippen LogP) is 4.34. The first-order valence-corrected chi connectivity index (χ1v) is 8.29. The minimum absolute atomic E-state index is 0.0843. The molecule has 0 aliphatic carbocycles. The van der Waals surface area contributed by atoms with E-state index in [4.69, 9.17) is 0 Å². The van der Waals surface area contributed by atoms with Gasteiger partial charge in [0.25, 0.3) is 5.91 Å². The smallest absolute Gasteiger partial charge is 0.332 e. The van der Waals surface area contributed by atoms with Gasteiger partial charge in [-0.25, -0.2) is 0 Å². The van der Waals surface area contributed by atoms with Crippen molar-refractivity contribution in [2.75, 3.05) is 18.9 Å². The van der Waals surface area contributed by atoms with Crippen molar-refractivity contribution in [3.63, 3.8) is 0 Å². The van der Waals surface area contributed by atoms with Crippen LogP contribution in [0.5, 0.6) is 0 Å². The number of carbonyl (C=O) groups excluding carboxylic acids is 2. The van der Waals surface area contributed by atoms with Gasteiger partial charge in [0.15, 0.2) is 0 Å². The summed E-state index contributed by atoms with van der Waals surface area (Å²) >= 11 is 0. The first-order valence-electron chi connectivity index (χ1n) is 8.29. The number of nitrogens with zero attached hydrogens (tertiary/aromatic N) is 1. The molecular weight excluding hydrogens is 357 g/mol. The molecule has 2 rings (SSSR count). The Balaban J connectivity index is 2.05. The second-order valence-electron chi connectivity index (χ2n) is 6.56. The highest BCUT2D eigenvalue weighted by Crippen LogP contribution is 2.29.